The van der Waals surface area contributed by atoms with Crippen molar-refractivity contribution >= 4 is 0 Å². The van der Waals surface area contributed by atoms with Gasteiger partial charge in [-0.25, -0.2) is 0 Å². The molecule has 90 valence electrons. The van der Waals surface area contributed by atoms with Gasteiger partial charge in [0.25, 0.3) is 0 Å². The molecule has 1 aliphatic carbocycles. The molecule has 15 heavy (non-hydrogen) atoms. The van der Waals surface area contributed by atoms with E-state index < -0.39 is 0 Å². The maximum absolute atomic E-state index is 5.61. The van der Waals surface area contributed by atoms with Crippen LogP contribution in [0.5, 0.6) is 0 Å². The van der Waals surface area contributed by atoms with Gasteiger partial charge in [-0.05, 0) is 45.6 Å². The second kappa shape index (κ2) is 5.31. The van der Waals surface area contributed by atoms with E-state index in [9.17, 15) is 0 Å². The van der Waals surface area contributed by atoms with Gasteiger partial charge < -0.3 is 10.1 Å². The number of nitrogens with one attached hydrogen (secondary N) is 1. The van der Waals surface area contributed by atoms with Crippen molar-refractivity contribution in [2.45, 2.75) is 58.1 Å². The molecule has 2 nitrogen and oxygen atoms in total. The molecule has 1 saturated carbocycles. The smallest absolute Gasteiger partial charge is 0.0777 e. The summed E-state index contributed by atoms with van der Waals surface area (Å²) in [4.78, 5) is 0. The molecule has 0 saturated heterocycles. The largest absolute Gasteiger partial charge is 0.377 e. The Hall–Kier alpha value is -0.0800. The zero-order valence-corrected chi connectivity index (χ0v) is 11.0. The first-order valence-electron chi connectivity index (χ1n) is 6.23. The number of likely N-dealkylation sites (N-methyl/N-ethyl adjacent to an activating group) is 1. The van der Waals surface area contributed by atoms with Crippen LogP contribution in [0.1, 0.15) is 46.5 Å². The lowest BCUT2D eigenvalue weighted by Crippen LogP contribution is -2.51. The van der Waals surface area contributed by atoms with Gasteiger partial charge in [0.05, 0.1) is 5.60 Å². The average molecular weight is 213 g/mol. The fourth-order valence-electron chi connectivity index (χ4n) is 2.90. The lowest BCUT2D eigenvalue weighted by atomic mass is 9.75. The molecule has 0 bridgehead atoms. The number of ether oxygens (including phenoxy) is 1. The van der Waals surface area contributed by atoms with E-state index in [1.807, 2.05) is 7.11 Å². The summed E-state index contributed by atoms with van der Waals surface area (Å²) in [6.07, 6.45) is 5.45. The van der Waals surface area contributed by atoms with Crippen molar-refractivity contribution in [3.63, 3.8) is 0 Å². The molecule has 0 aromatic carbocycles. The summed E-state index contributed by atoms with van der Waals surface area (Å²) in [5.41, 5.74) is -0.0556. The van der Waals surface area contributed by atoms with Crippen molar-refractivity contribution in [3.8, 4) is 0 Å². The first-order chi connectivity index (χ1) is 7.01. The van der Waals surface area contributed by atoms with Crippen molar-refractivity contribution in [2.24, 2.45) is 11.8 Å². The molecular formula is C13H27NO. The van der Waals surface area contributed by atoms with E-state index in [0.717, 1.165) is 11.8 Å². The first-order valence-corrected chi connectivity index (χ1v) is 6.23. The fourth-order valence-corrected chi connectivity index (χ4v) is 2.90. The third kappa shape index (κ3) is 3.18. The molecule has 0 spiro atoms. The summed E-state index contributed by atoms with van der Waals surface area (Å²) < 4.78 is 5.61. The van der Waals surface area contributed by atoms with Gasteiger partial charge in [-0.2, -0.15) is 0 Å². The number of hydrogen-bond acceptors (Lipinski definition) is 2. The van der Waals surface area contributed by atoms with Gasteiger partial charge in [-0.1, -0.05) is 19.8 Å². The molecule has 1 aliphatic rings. The van der Waals surface area contributed by atoms with Gasteiger partial charge in [0.15, 0.2) is 0 Å². The van der Waals surface area contributed by atoms with Gasteiger partial charge in [0.1, 0.15) is 0 Å². The van der Waals surface area contributed by atoms with Gasteiger partial charge in [0, 0.05) is 13.2 Å². The maximum Gasteiger partial charge on any atom is 0.0777 e. The zero-order valence-electron chi connectivity index (χ0n) is 11.0. The lowest BCUT2D eigenvalue weighted by molar-refractivity contribution is -0.0323. The quantitative estimate of drug-likeness (QED) is 0.775. The Morgan fingerprint density at radius 1 is 1.20 bits per heavy atom. The van der Waals surface area contributed by atoms with Crippen LogP contribution in [0.15, 0.2) is 0 Å². The van der Waals surface area contributed by atoms with E-state index in [1.54, 1.807) is 0 Å². The summed E-state index contributed by atoms with van der Waals surface area (Å²) in [7, 11) is 3.87. The number of rotatable bonds is 4. The summed E-state index contributed by atoms with van der Waals surface area (Å²) in [6.45, 7) is 6.74. The number of methoxy groups -OCH3 is 1. The zero-order chi connectivity index (χ0) is 11.5. The predicted octanol–water partition coefficient (Wildman–Crippen LogP) is 2.83. The average Bonchev–Trinajstić information content (AvgIpc) is 2.22. The van der Waals surface area contributed by atoms with Gasteiger partial charge >= 0.3 is 0 Å². The van der Waals surface area contributed by atoms with Crippen LogP contribution < -0.4 is 5.32 Å². The highest BCUT2D eigenvalue weighted by molar-refractivity contribution is 4.91. The highest BCUT2D eigenvalue weighted by atomic mass is 16.5. The van der Waals surface area contributed by atoms with Crippen LogP contribution in [0.3, 0.4) is 0 Å². The molecule has 0 aromatic heterocycles. The molecule has 1 N–H and O–H groups in total. The third-order valence-electron chi connectivity index (χ3n) is 4.12. The summed E-state index contributed by atoms with van der Waals surface area (Å²) in [5, 5.41) is 3.45. The van der Waals surface area contributed by atoms with E-state index in [-0.39, 0.29) is 5.60 Å². The molecular weight excluding hydrogens is 186 g/mol. The van der Waals surface area contributed by atoms with Crippen molar-refractivity contribution < 1.29 is 4.74 Å². The van der Waals surface area contributed by atoms with Gasteiger partial charge in [0.2, 0.25) is 0 Å². The standard InChI is InChI=1S/C13H27NO/c1-10-6-8-11(9-7-10)12(14-4)13(2,3)15-5/h10-12,14H,6-9H2,1-5H3. The highest BCUT2D eigenvalue weighted by Gasteiger charge is 2.35. The van der Waals surface area contributed by atoms with Crippen LogP contribution in [-0.2, 0) is 4.74 Å². The minimum atomic E-state index is -0.0556. The summed E-state index contributed by atoms with van der Waals surface area (Å²) >= 11 is 0. The SMILES string of the molecule is CNC(C1CCC(C)CC1)C(C)(C)OC. The van der Waals surface area contributed by atoms with E-state index >= 15 is 0 Å². The van der Waals surface area contributed by atoms with Crippen molar-refractivity contribution in [3.05, 3.63) is 0 Å². The second-order valence-corrected chi connectivity index (χ2v) is 5.59. The molecule has 1 fully saturated rings. The van der Waals surface area contributed by atoms with E-state index in [4.69, 9.17) is 4.74 Å². The van der Waals surface area contributed by atoms with Crippen LogP contribution in [0.2, 0.25) is 0 Å². The molecule has 1 unspecified atom stereocenters. The van der Waals surface area contributed by atoms with E-state index in [0.29, 0.717) is 6.04 Å². The number of hydrogen-bond donors (Lipinski definition) is 1. The molecule has 1 rings (SSSR count). The summed E-state index contributed by atoms with van der Waals surface area (Å²) in [6, 6.07) is 0.481. The van der Waals surface area contributed by atoms with Crippen LogP contribution in [0.4, 0.5) is 0 Å². The van der Waals surface area contributed by atoms with Crippen molar-refractivity contribution in [1.29, 1.82) is 0 Å². The Labute approximate surface area is 94.8 Å². The molecule has 0 aromatic rings. The summed E-state index contributed by atoms with van der Waals surface area (Å²) in [5.74, 6) is 1.70. The van der Waals surface area contributed by atoms with E-state index in [1.165, 1.54) is 25.7 Å². The Bertz CT molecular complexity index is 183. The first kappa shape index (κ1) is 13.0. The molecule has 1 atom stereocenters. The monoisotopic (exact) mass is 213 g/mol. The normalized spacial score (nSPS) is 30.2. The van der Waals surface area contributed by atoms with Crippen LogP contribution in [0.25, 0.3) is 0 Å². The molecule has 2 heteroatoms. The third-order valence-corrected chi connectivity index (χ3v) is 4.12. The lowest BCUT2D eigenvalue weighted by Gasteiger charge is -2.41. The second-order valence-electron chi connectivity index (χ2n) is 5.59. The molecule has 0 radical (unpaired) electrons. The fraction of sp³-hybridized carbons (Fsp3) is 1.00. The van der Waals surface area contributed by atoms with Crippen LogP contribution >= 0.6 is 0 Å². The molecule has 0 aliphatic heterocycles. The molecule has 0 heterocycles. The highest BCUT2D eigenvalue weighted by Crippen LogP contribution is 2.34. The van der Waals surface area contributed by atoms with Crippen LogP contribution in [0, 0.1) is 11.8 Å². The van der Waals surface area contributed by atoms with Crippen molar-refractivity contribution in [1.82, 2.24) is 5.32 Å². The van der Waals surface area contributed by atoms with Gasteiger partial charge in [-0.15, -0.1) is 0 Å². The van der Waals surface area contributed by atoms with Gasteiger partial charge in [-0.3, -0.25) is 0 Å². The minimum Gasteiger partial charge on any atom is -0.377 e. The maximum atomic E-state index is 5.61. The topological polar surface area (TPSA) is 21.3 Å². The van der Waals surface area contributed by atoms with E-state index in [2.05, 4.69) is 33.1 Å². The molecule has 0 amide bonds. The Morgan fingerprint density at radius 3 is 2.13 bits per heavy atom. The van der Waals surface area contributed by atoms with Crippen LogP contribution in [-0.4, -0.2) is 25.8 Å². The predicted molar refractivity (Wildman–Crippen MR) is 65.1 cm³/mol. The minimum absolute atomic E-state index is 0.0556. The Kier molecular flexibility index (Phi) is 4.60. The Morgan fingerprint density at radius 2 is 1.73 bits per heavy atom. The Balaban J connectivity index is 2.59. The van der Waals surface area contributed by atoms with Crippen molar-refractivity contribution in [2.75, 3.05) is 14.2 Å².